The molecule has 0 bridgehead atoms. The fourth-order valence-corrected chi connectivity index (χ4v) is 4.23. The van der Waals surface area contributed by atoms with Gasteiger partial charge < -0.3 is 5.11 Å². The molecule has 1 unspecified atom stereocenters. The van der Waals surface area contributed by atoms with Crippen LogP contribution >= 0.6 is 0 Å². The van der Waals surface area contributed by atoms with E-state index in [9.17, 15) is 9.59 Å². The zero-order valence-electron chi connectivity index (χ0n) is 11.6. The minimum Gasteiger partial charge on any atom is -0.481 e. The van der Waals surface area contributed by atoms with E-state index in [4.69, 9.17) is 5.11 Å². The largest absolute Gasteiger partial charge is 0.481 e. The van der Waals surface area contributed by atoms with Crippen molar-refractivity contribution in [2.24, 2.45) is 29.1 Å². The lowest BCUT2D eigenvalue weighted by atomic mass is 9.54. The molecule has 0 radical (unpaired) electrons. The first kappa shape index (κ1) is 13.6. The average Bonchev–Trinajstić information content (AvgIpc) is 2.26. The van der Waals surface area contributed by atoms with Crippen molar-refractivity contribution in [3.63, 3.8) is 0 Å². The first-order valence-electron chi connectivity index (χ1n) is 7.10. The van der Waals surface area contributed by atoms with E-state index < -0.39 is 11.9 Å². The molecular weight excluding hydrogens is 228 g/mol. The molecule has 0 aromatic rings. The Kier molecular flexibility index (Phi) is 3.52. The highest BCUT2D eigenvalue weighted by molar-refractivity contribution is 5.87. The van der Waals surface area contributed by atoms with Crippen LogP contribution in [0, 0.1) is 29.1 Å². The monoisotopic (exact) mass is 252 g/mol. The van der Waals surface area contributed by atoms with E-state index in [0.717, 1.165) is 12.8 Å². The Hall–Kier alpha value is -0.860. The Balaban J connectivity index is 2.20. The summed E-state index contributed by atoms with van der Waals surface area (Å²) in [6.07, 6.45) is 4.93. The van der Waals surface area contributed by atoms with E-state index in [1.54, 1.807) is 6.92 Å². The van der Waals surface area contributed by atoms with E-state index >= 15 is 0 Å². The smallest absolute Gasteiger partial charge is 0.306 e. The second-order valence-electron chi connectivity index (χ2n) is 6.74. The molecule has 0 spiro atoms. The lowest BCUT2D eigenvalue weighted by molar-refractivity contribution is -0.151. The van der Waals surface area contributed by atoms with Crippen LogP contribution in [-0.2, 0) is 9.59 Å². The molecule has 2 saturated carbocycles. The number of carboxylic acids is 1. The molecule has 0 aromatic carbocycles. The normalized spacial score (nSPS) is 42.2. The van der Waals surface area contributed by atoms with Crippen LogP contribution < -0.4 is 0 Å². The van der Waals surface area contributed by atoms with Crippen molar-refractivity contribution in [3.05, 3.63) is 0 Å². The van der Waals surface area contributed by atoms with Gasteiger partial charge in [-0.05, 0) is 30.1 Å². The molecule has 0 aromatic heterocycles. The molecule has 0 amide bonds. The minimum absolute atomic E-state index is 0.128. The summed E-state index contributed by atoms with van der Waals surface area (Å²) in [7, 11) is 0. The SMILES string of the molecule is CC(C(=O)O)[C@H]1C[C@@H]2[C@@H](C)CCC[C@]2(C)CC1=O. The molecule has 3 nitrogen and oxygen atoms in total. The quantitative estimate of drug-likeness (QED) is 0.821. The van der Waals surface area contributed by atoms with Crippen molar-refractivity contribution >= 4 is 11.8 Å². The number of hydrogen-bond donors (Lipinski definition) is 1. The summed E-state index contributed by atoms with van der Waals surface area (Å²) < 4.78 is 0. The van der Waals surface area contributed by atoms with Crippen molar-refractivity contribution in [1.29, 1.82) is 0 Å². The van der Waals surface area contributed by atoms with Crippen LogP contribution in [0.25, 0.3) is 0 Å². The summed E-state index contributed by atoms with van der Waals surface area (Å²) >= 11 is 0. The van der Waals surface area contributed by atoms with E-state index in [1.165, 1.54) is 12.8 Å². The molecule has 0 aliphatic heterocycles. The Labute approximate surface area is 109 Å². The second-order valence-corrected chi connectivity index (χ2v) is 6.74. The third-order valence-electron chi connectivity index (χ3n) is 5.48. The van der Waals surface area contributed by atoms with Gasteiger partial charge >= 0.3 is 5.97 Å². The molecule has 5 atom stereocenters. The zero-order chi connectivity index (χ0) is 13.5. The van der Waals surface area contributed by atoms with Crippen LogP contribution in [0.2, 0.25) is 0 Å². The third kappa shape index (κ3) is 2.19. The van der Waals surface area contributed by atoms with Gasteiger partial charge in [-0.1, -0.05) is 33.6 Å². The summed E-state index contributed by atoms with van der Waals surface area (Å²) in [5.74, 6) is -0.299. The molecule has 2 fully saturated rings. The number of ketones is 1. The Morgan fingerprint density at radius 1 is 1.50 bits per heavy atom. The van der Waals surface area contributed by atoms with Crippen LogP contribution in [0.1, 0.15) is 52.9 Å². The first-order chi connectivity index (χ1) is 8.35. The maximum absolute atomic E-state index is 12.2. The maximum atomic E-state index is 12.2. The Bertz CT molecular complexity index is 363. The minimum atomic E-state index is -0.833. The molecule has 0 saturated heterocycles. The average molecular weight is 252 g/mol. The zero-order valence-corrected chi connectivity index (χ0v) is 11.6. The van der Waals surface area contributed by atoms with Crippen LogP contribution in [0.5, 0.6) is 0 Å². The van der Waals surface area contributed by atoms with Gasteiger partial charge in [-0.3, -0.25) is 9.59 Å². The van der Waals surface area contributed by atoms with Crippen molar-refractivity contribution in [2.45, 2.75) is 52.9 Å². The van der Waals surface area contributed by atoms with Crippen molar-refractivity contribution in [2.75, 3.05) is 0 Å². The van der Waals surface area contributed by atoms with Crippen molar-refractivity contribution < 1.29 is 14.7 Å². The van der Waals surface area contributed by atoms with Gasteiger partial charge in [0.2, 0.25) is 0 Å². The Morgan fingerprint density at radius 2 is 2.17 bits per heavy atom. The molecule has 3 heteroatoms. The van der Waals surface area contributed by atoms with Gasteiger partial charge in [0, 0.05) is 12.3 Å². The van der Waals surface area contributed by atoms with Crippen molar-refractivity contribution in [1.82, 2.24) is 0 Å². The van der Waals surface area contributed by atoms with E-state index in [2.05, 4.69) is 13.8 Å². The van der Waals surface area contributed by atoms with Crippen LogP contribution in [0.15, 0.2) is 0 Å². The summed E-state index contributed by atoms with van der Waals surface area (Å²) in [5.41, 5.74) is 0.128. The second kappa shape index (κ2) is 4.67. The highest BCUT2D eigenvalue weighted by atomic mass is 16.4. The highest BCUT2D eigenvalue weighted by Gasteiger charge is 2.49. The van der Waals surface area contributed by atoms with Gasteiger partial charge in [0.15, 0.2) is 0 Å². The standard InChI is InChI=1S/C15H24O3/c1-9-5-4-6-15(3)8-13(16)11(7-12(9)15)10(2)14(17)18/h9-12H,4-8H2,1-3H3,(H,17,18)/t9-,10?,11+,12+,15+/m0/s1. The predicted molar refractivity (Wildman–Crippen MR) is 69.1 cm³/mol. The van der Waals surface area contributed by atoms with Gasteiger partial charge in [0.25, 0.3) is 0 Å². The number of rotatable bonds is 2. The molecular formula is C15H24O3. The van der Waals surface area contributed by atoms with Crippen LogP contribution in [0.4, 0.5) is 0 Å². The fraction of sp³-hybridized carbons (Fsp3) is 0.867. The van der Waals surface area contributed by atoms with Gasteiger partial charge in [0.1, 0.15) is 5.78 Å². The van der Waals surface area contributed by atoms with Gasteiger partial charge in [-0.15, -0.1) is 0 Å². The van der Waals surface area contributed by atoms with E-state index in [1.807, 2.05) is 0 Å². The topological polar surface area (TPSA) is 54.4 Å². The number of carboxylic acid groups (broad SMARTS) is 1. The molecule has 18 heavy (non-hydrogen) atoms. The molecule has 102 valence electrons. The number of fused-ring (bicyclic) bond motifs is 1. The van der Waals surface area contributed by atoms with Gasteiger partial charge in [-0.2, -0.15) is 0 Å². The first-order valence-corrected chi connectivity index (χ1v) is 7.10. The third-order valence-corrected chi connectivity index (χ3v) is 5.48. The number of aliphatic carboxylic acids is 1. The number of carbonyl (C=O) groups excluding carboxylic acids is 1. The lowest BCUT2D eigenvalue weighted by Gasteiger charge is -2.50. The van der Waals surface area contributed by atoms with E-state index in [-0.39, 0.29) is 17.1 Å². The fourth-order valence-electron chi connectivity index (χ4n) is 4.23. The number of carbonyl (C=O) groups is 2. The molecule has 2 aliphatic rings. The predicted octanol–water partition coefficient (Wildman–Crippen LogP) is 3.13. The van der Waals surface area contributed by atoms with Gasteiger partial charge in [0.05, 0.1) is 5.92 Å². The summed E-state index contributed by atoms with van der Waals surface area (Å²) in [6, 6.07) is 0. The number of hydrogen-bond acceptors (Lipinski definition) is 2. The van der Waals surface area contributed by atoms with Crippen LogP contribution in [0.3, 0.4) is 0 Å². The summed E-state index contributed by atoms with van der Waals surface area (Å²) in [5, 5.41) is 9.13. The molecule has 0 heterocycles. The lowest BCUT2D eigenvalue weighted by Crippen LogP contribution is -2.47. The van der Waals surface area contributed by atoms with Crippen LogP contribution in [-0.4, -0.2) is 16.9 Å². The summed E-state index contributed by atoms with van der Waals surface area (Å²) in [4.78, 5) is 23.4. The maximum Gasteiger partial charge on any atom is 0.306 e. The number of Topliss-reactive ketones (excluding diaryl/α,β-unsaturated/α-hetero) is 1. The van der Waals surface area contributed by atoms with Crippen molar-refractivity contribution in [3.8, 4) is 0 Å². The highest BCUT2D eigenvalue weighted by Crippen LogP contribution is 2.53. The molecule has 1 N–H and O–H groups in total. The Morgan fingerprint density at radius 3 is 2.78 bits per heavy atom. The van der Waals surface area contributed by atoms with E-state index in [0.29, 0.717) is 18.3 Å². The van der Waals surface area contributed by atoms with Gasteiger partial charge in [-0.25, -0.2) is 0 Å². The molecule has 2 rings (SSSR count). The molecule has 2 aliphatic carbocycles. The summed E-state index contributed by atoms with van der Waals surface area (Å²) in [6.45, 7) is 6.17.